The van der Waals surface area contributed by atoms with Crippen molar-refractivity contribution in [2.24, 2.45) is 0 Å². The van der Waals surface area contributed by atoms with E-state index >= 15 is 0 Å². The van der Waals surface area contributed by atoms with Gasteiger partial charge in [-0.2, -0.15) is 0 Å². The van der Waals surface area contributed by atoms with E-state index in [-0.39, 0.29) is 24.7 Å². The summed E-state index contributed by atoms with van der Waals surface area (Å²) in [7, 11) is 0. The van der Waals surface area contributed by atoms with Crippen LogP contribution in [0.2, 0.25) is 0 Å². The third-order valence-electron chi connectivity index (χ3n) is 3.59. The normalized spacial score (nSPS) is 22.2. The molecule has 2 N–H and O–H groups in total. The fourth-order valence-corrected chi connectivity index (χ4v) is 2.66. The molecular formula is C16H24N2O3. The lowest BCUT2D eigenvalue weighted by Crippen LogP contribution is -2.50. The van der Waals surface area contributed by atoms with Gasteiger partial charge < -0.3 is 20.1 Å². The van der Waals surface area contributed by atoms with Crippen molar-refractivity contribution < 1.29 is 14.6 Å². The van der Waals surface area contributed by atoms with E-state index in [2.05, 4.69) is 5.32 Å². The molecule has 1 aromatic rings. The molecule has 0 aromatic heterocycles. The average molecular weight is 292 g/mol. The minimum absolute atomic E-state index is 0.0109. The molecule has 1 amide bonds. The highest BCUT2D eigenvalue weighted by Crippen LogP contribution is 2.21. The monoisotopic (exact) mass is 292 g/mol. The number of nitrogens with zero attached hydrogens (tertiary/aromatic N) is 1. The van der Waals surface area contributed by atoms with Crippen LogP contribution < -0.4 is 5.32 Å². The second-order valence-corrected chi connectivity index (χ2v) is 5.54. The lowest BCUT2D eigenvalue weighted by Gasteiger charge is -2.36. The number of aryl methyl sites for hydroxylation is 1. The summed E-state index contributed by atoms with van der Waals surface area (Å²) >= 11 is 0. The van der Waals surface area contributed by atoms with Crippen LogP contribution in [0.3, 0.4) is 0 Å². The number of benzene rings is 1. The summed E-state index contributed by atoms with van der Waals surface area (Å²) in [6.07, 6.45) is -0.364. The molecule has 0 saturated carbocycles. The average Bonchev–Trinajstić information content (AvgIpc) is 2.47. The van der Waals surface area contributed by atoms with Crippen molar-refractivity contribution in [3.8, 4) is 0 Å². The van der Waals surface area contributed by atoms with Crippen molar-refractivity contribution in [2.75, 3.05) is 31.6 Å². The number of carbonyl (C=O) groups excluding carboxylic acids is 1. The molecule has 0 aliphatic carbocycles. The summed E-state index contributed by atoms with van der Waals surface area (Å²) in [6, 6.07) is 5.85. The first-order valence-corrected chi connectivity index (χ1v) is 7.45. The Labute approximate surface area is 125 Å². The third-order valence-corrected chi connectivity index (χ3v) is 3.59. The molecule has 21 heavy (non-hydrogen) atoms. The molecule has 0 radical (unpaired) electrons. The molecule has 1 fully saturated rings. The number of rotatable bonds is 4. The zero-order valence-electron chi connectivity index (χ0n) is 12.9. The Morgan fingerprint density at radius 1 is 1.48 bits per heavy atom. The predicted molar refractivity (Wildman–Crippen MR) is 82.7 cm³/mol. The summed E-state index contributed by atoms with van der Waals surface area (Å²) in [5, 5.41) is 12.5. The largest absolute Gasteiger partial charge is 0.394 e. The standard InChI is InChI=1S/C16H24N2O3/c1-4-17-15-6-5-11(2)7-14(15)16(20)18-8-12(3)21-13(9-18)10-19/h5-7,12-13,17,19H,4,8-10H2,1-3H3. The molecule has 1 saturated heterocycles. The van der Waals surface area contributed by atoms with Crippen LogP contribution in [0.15, 0.2) is 18.2 Å². The fourth-order valence-electron chi connectivity index (χ4n) is 2.66. The van der Waals surface area contributed by atoms with Gasteiger partial charge in [-0.05, 0) is 32.9 Å². The summed E-state index contributed by atoms with van der Waals surface area (Å²) in [5.41, 5.74) is 2.59. The van der Waals surface area contributed by atoms with Crippen LogP contribution in [0.1, 0.15) is 29.8 Å². The second kappa shape index (κ2) is 6.91. The van der Waals surface area contributed by atoms with Gasteiger partial charge in [0.15, 0.2) is 0 Å². The first kappa shape index (κ1) is 15.8. The van der Waals surface area contributed by atoms with E-state index in [4.69, 9.17) is 4.74 Å². The quantitative estimate of drug-likeness (QED) is 0.886. The van der Waals surface area contributed by atoms with Gasteiger partial charge >= 0.3 is 0 Å². The summed E-state index contributed by atoms with van der Waals surface area (Å²) < 4.78 is 5.59. The molecule has 1 heterocycles. The predicted octanol–water partition coefficient (Wildman–Crippen LogP) is 1.65. The molecule has 1 aromatic carbocycles. The van der Waals surface area contributed by atoms with E-state index in [1.54, 1.807) is 4.90 Å². The van der Waals surface area contributed by atoms with Crippen LogP contribution in [0.4, 0.5) is 5.69 Å². The van der Waals surface area contributed by atoms with E-state index in [9.17, 15) is 9.90 Å². The Bertz CT molecular complexity index is 504. The maximum absolute atomic E-state index is 12.8. The Morgan fingerprint density at radius 3 is 2.90 bits per heavy atom. The Balaban J connectivity index is 2.24. The molecule has 0 bridgehead atoms. The number of aliphatic hydroxyl groups excluding tert-OH is 1. The molecule has 0 spiro atoms. The highest BCUT2D eigenvalue weighted by molar-refractivity contribution is 6.00. The molecule has 116 valence electrons. The van der Waals surface area contributed by atoms with Crippen molar-refractivity contribution >= 4 is 11.6 Å². The highest BCUT2D eigenvalue weighted by Gasteiger charge is 2.29. The van der Waals surface area contributed by atoms with Gasteiger partial charge in [-0.1, -0.05) is 11.6 Å². The Morgan fingerprint density at radius 2 is 2.24 bits per heavy atom. The first-order valence-electron chi connectivity index (χ1n) is 7.45. The lowest BCUT2D eigenvalue weighted by molar-refractivity contribution is -0.0858. The number of carbonyl (C=O) groups is 1. The van der Waals surface area contributed by atoms with Gasteiger partial charge in [-0.3, -0.25) is 4.79 Å². The van der Waals surface area contributed by atoms with Crippen molar-refractivity contribution in [2.45, 2.75) is 33.0 Å². The Hall–Kier alpha value is -1.59. The molecule has 5 heteroatoms. The van der Waals surface area contributed by atoms with E-state index in [1.165, 1.54) is 0 Å². The van der Waals surface area contributed by atoms with Gasteiger partial charge in [0.1, 0.15) is 0 Å². The number of hydrogen-bond donors (Lipinski definition) is 2. The molecule has 1 aliphatic heterocycles. The minimum atomic E-state index is -0.301. The number of amides is 1. The number of hydrogen-bond acceptors (Lipinski definition) is 4. The van der Waals surface area contributed by atoms with Crippen molar-refractivity contribution in [3.63, 3.8) is 0 Å². The van der Waals surface area contributed by atoms with Crippen LogP contribution in [0.5, 0.6) is 0 Å². The summed E-state index contributed by atoms with van der Waals surface area (Å²) in [4.78, 5) is 14.6. The van der Waals surface area contributed by atoms with Gasteiger partial charge in [-0.15, -0.1) is 0 Å². The van der Waals surface area contributed by atoms with E-state index in [0.717, 1.165) is 17.8 Å². The van der Waals surface area contributed by atoms with Gasteiger partial charge in [-0.25, -0.2) is 0 Å². The van der Waals surface area contributed by atoms with Gasteiger partial charge in [0.25, 0.3) is 5.91 Å². The van der Waals surface area contributed by atoms with E-state index in [0.29, 0.717) is 18.7 Å². The van der Waals surface area contributed by atoms with Crippen molar-refractivity contribution in [1.82, 2.24) is 4.90 Å². The van der Waals surface area contributed by atoms with Crippen molar-refractivity contribution in [1.29, 1.82) is 0 Å². The summed E-state index contributed by atoms with van der Waals surface area (Å²) in [5.74, 6) is -0.0109. The maximum Gasteiger partial charge on any atom is 0.256 e. The van der Waals surface area contributed by atoms with Crippen molar-refractivity contribution in [3.05, 3.63) is 29.3 Å². The number of aliphatic hydroxyl groups is 1. The van der Waals surface area contributed by atoms with Crippen LogP contribution in [0.25, 0.3) is 0 Å². The third kappa shape index (κ3) is 3.74. The molecule has 5 nitrogen and oxygen atoms in total. The molecule has 2 atom stereocenters. The SMILES string of the molecule is CCNc1ccc(C)cc1C(=O)N1CC(C)OC(CO)C1. The van der Waals surface area contributed by atoms with E-state index in [1.807, 2.05) is 39.0 Å². The Kier molecular flexibility index (Phi) is 5.20. The minimum Gasteiger partial charge on any atom is -0.394 e. The fraction of sp³-hybridized carbons (Fsp3) is 0.562. The van der Waals surface area contributed by atoms with Crippen LogP contribution in [-0.2, 0) is 4.74 Å². The lowest BCUT2D eigenvalue weighted by atomic mass is 10.1. The molecule has 1 aliphatic rings. The smallest absolute Gasteiger partial charge is 0.256 e. The van der Waals surface area contributed by atoms with Gasteiger partial charge in [0, 0.05) is 25.3 Å². The topological polar surface area (TPSA) is 61.8 Å². The molecule has 2 unspecified atom stereocenters. The number of anilines is 1. The van der Waals surface area contributed by atoms with E-state index < -0.39 is 0 Å². The summed E-state index contributed by atoms with van der Waals surface area (Å²) in [6.45, 7) is 7.58. The second-order valence-electron chi connectivity index (χ2n) is 5.54. The van der Waals surface area contributed by atoms with Crippen LogP contribution in [0, 0.1) is 6.92 Å². The number of nitrogens with one attached hydrogen (secondary N) is 1. The zero-order valence-corrected chi connectivity index (χ0v) is 12.9. The highest BCUT2D eigenvalue weighted by atomic mass is 16.5. The maximum atomic E-state index is 12.8. The molecule has 2 rings (SSSR count). The number of ether oxygens (including phenoxy) is 1. The molecular weight excluding hydrogens is 268 g/mol. The van der Waals surface area contributed by atoms with Crippen LogP contribution in [-0.4, -0.2) is 54.4 Å². The van der Waals surface area contributed by atoms with Crippen LogP contribution >= 0.6 is 0 Å². The van der Waals surface area contributed by atoms with Gasteiger partial charge in [0.2, 0.25) is 0 Å². The first-order chi connectivity index (χ1) is 10.0. The number of morpholine rings is 1. The zero-order chi connectivity index (χ0) is 15.4. The van der Waals surface area contributed by atoms with Gasteiger partial charge in [0.05, 0.1) is 24.4 Å².